The molecule has 102 valence electrons. The van der Waals surface area contributed by atoms with Crippen LogP contribution in [0.5, 0.6) is 0 Å². The van der Waals surface area contributed by atoms with E-state index in [0.29, 0.717) is 5.82 Å². The SMILES string of the molecule is CCCCCc1c(N)cnc(N)c1CCCCC. The third kappa shape index (κ3) is 4.21. The summed E-state index contributed by atoms with van der Waals surface area (Å²) in [5, 5.41) is 0. The van der Waals surface area contributed by atoms with Crippen molar-refractivity contribution in [3.05, 3.63) is 17.3 Å². The highest BCUT2D eigenvalue weighted by molar-refractivity contribution is 5.57. The first-order valence-electron chi connectivity index (χ1n) is 7.22. The van der Waals surface area contributed by atoms with Gasteiger partial charge in [-0.3, -0.25) is 0 Å². The second kappa shape index (κ2) is 7.96. The van der Waals surface area contributed by atoms with E-state index in [-0.39, 0.29) is 0 Å². The zero-order valence-electron chi connectivity index (χ0n) is 11.8. The molecule has 0 aliphatic heterocycles. The Morgan fingerprint density at radius 3 is 2.00 bits per heavy atom. The van der Waals surface area contributed by atoms with Crippen LogP contribution in [0, 0.1) is 0 Å². The molecule has 18 heavy (non-hydrogen) atoms. The van der Waals surface area contributed by atoms with Gasteiger partial charge in [0.05, 0.1) is 11.9 Å². The maximum atomic E-state index is 6.06. The molecule has 0 aromatic carbocycles. The fourth-order valence-corrected chi connectivity index (χ4v) is 2.30. The van der Waals surface area contributed by atoms with Crippen LogP contribution in [0.4, 0.5) is 11.5 Å². The van der Waals surface area contributed by atoms with Crippen LogP contribution in [-0.2, 0) is 12.8 Å². The molecule has 0 bridgehead atoms. The van der Waals surface area contributed by atoms with Gasteiger partial charge < -0.3 is 11.5 Å². The van der Waals surface area contributed by atoms with E-state index in [2.05, 4.69) is 18.8 Å². The molecule has 0 unspecified atom stereocenters. The van der Waals surface area contributed by atoms with Crippen LogP contribution in [0.25, 0.3) is 0 Å². The molecule has 0 aliphatic carbocycles. The van der Waals surface area contributed by atoms with Gasteiger partial charge in [0.15, 0.2) is 0 Å². The smallest absolute Gasteiger partial charge is 0.126 e. The van der Waals surface area contributed by atoms with Gasteiger partial charge in [-0.05, 0) is 36.8 Å². The van der Waals surface area contributed by atoms with E-state index >= 15 is 0 Å². The molecule has 1 heterocycles. The number of aromatic nitrogens is 1. The highest BCUT2D eigenvalue weighted by Gasteiger charge is 2.10. The minimum Gasteiger partial charge on any atom is -0.397 e. The summed E-state index contributed by atoms with van der Waals surface area (Å²) >= 11 is 0. The number of nitrogens with two attached hydrogens (primary N) is 2. The normalized spacial score (nSPS) is 10.8. The number of rotatable bonds is 8. The van der Waals surface area contributed by atoms with Crippen LogP contribution < -0.4 is 11.5 Å². The highest BCUT2D eigenvalue weighted by Crippen LogP contribution is 2.25. The predicted molar refractivity (Wildman–Crippen MR) is 79.5 cm³/mol. The Labute approximate surface area is 111 Å². The van der Waals surface area contributed by atoms with Crippen molar-refractivity contribution in [2.24, 2.45) is 0 Å². The van der Waals surface area contributed by atoms with Crippen molar-refractivity contribution in [3.63, 3.8) is 0 Å². The fraction of sp³-hybridized carbons (Fsp3) is 0.667. The van der Waals surface area contributed by atoms with Crippen LogP contribution in [0.15, 0.2) is 6.20 Å². The maximum Gasteiger partial charge on any atom is 0.126 e. The Balaban J connectivity index is 2.79. The molecular formula is C15H27N3. The Morgan fingerprint density at radius 2 is 1.44 bits per heavy atom. The van der Waals surface area contributed by atoms with E-state index in [9.17, 15) is 0 Å². The average Bonchev–Trinajstić information content (AvgIpc) is 2.36. The van der Waals surface area contributed by atoms with Crippen molar-refractivity contribution in [1.29, 1.82) is 0 Å². The number of nitrogen functional groups attached to an aromatic ring is 2. The van der Waals surface area contributed by atoms with Crippen LogP contribution in [-0.4, -0.2) is 4.98 Å². The van der Waals surface area contributed by atoms with E-state index in [1.807, 2.05) is 0 Å². The summed E-state index contributed by atoms with van der Waals surface area (Å²) in [4.78, 5) is 4.20. The van der Waals surface area contributed by atoms with E-state index in [0.717, 1.165) is 18.5 Å². The Hall–Kier alpha value is -1.25. The quantitative estimate of drug-likeness (QED) is 0.690. The molecule has 1 aromatic rings. The van der Waals surface area contributed by atoms with Gasteiger partial charge in [-0.1, -0.05) is 39.5 Å². The summed E-state index contributed by atoms with van der Waals surface area (Å²) in [5.74, 6) is 0.673. The standard InChI is InChI=1S/C15H27N3/c1-3-5-7-9-12-13(10-8-6-4-2)15(17)18-11-14(12)16/h11H,3-10,16H2,1-2H3,(H2,17,18). The molecule has 0 aliphatic rings. The number of unbranched alkanes of at least 4 members (excludes halogenated alkanes) is 4. The number of hydrogen-bond acceptors (Lipinski definition) is 3. The van der Waals surface area contributed by atoms with Gasteiger partial charge in [0.2, 0.25) is 0 Å². The molecule has 3 heteroatoms. The largest absolute Gasteiger partial charge is 0.397 e. The van der Waals surface area contributed by atoms with Gasteiger partial charge in [0.25, 0.3) is 0 Å². The van der Waals surface area contributed by atoms with Crippen molar-refractivity contribution in [2.45, 2.75) is 65.2 Å². The number of hydrogen-bond donors (Lipinski definition) is 2. The monoisotopic (exact) mass is 249 g/mol. The summed E-state index contributed by atoms with van der Waals surface area (Å²) in [7, 11) is 0. The van der Waals surface area contributed by atoms with Gasteiger partial charge in [-0.25, -0.2) is 4.98 Å². The molecule has 4 N–H and O–H groups in total. The summed E-state index contributed by atoms with van der Waals surface area (Å²) in [5.41, 5.74) is 15.3. The molecule has 0 atom stereocenters. The predicted octanol–water partition coefficient (Wildman–Crippen LogP) is 3.71. The van der Waals surface area contributed by atoms with Gasteiger partial charge in [0.1, 0.15) is 5.82 Å². The zero-order valence-corrected chi connectivity index (χ0v) is 11.8. The van der Waals surface area contributed by atoms with Gasteiger partial charge >= 0.3 is 0 Å². The molecule has 3 nitrogen and oxygen atoms in total. The molecule has 1 rings (SSSR count). The molecule has 1 aromatic heterocycles. The van der Waals surface area contributed by atoms with Crippen molar-refractivity contribution in [2.75, 3.05) is 11.5 Å². The third-order valence-corrected chi connectivity index (χ3v) is 3.43. The van der Waals surface area contributed by atoms with E-state index in [1.165, 1.54) is 49.7 Å². The van der Waals surface area contributed by atoms with E-state index < -0.39 is 0 Å². The lowest BCUT2D eigenvalue weighted by Gasteiger charge is -2.14. The first-order valence-corrected chi connectivity index (χ1v) is 7.22. The highest BCUT2D eigenvalue weighted by atomic mass is 14.8. The molecule has 0 amide bonds. The maximum absolute atomic E-state index is 6.06. The van der Waals surface area contributed by atoms with Crippen molar-refractivity contribution >= 4 is 11.5 Å². The van der Waals surface area contributed by atoms with Crippen molar-refractivity contribution in [1.82, 2.24) is 4.98 Å². The van der Waals surface area contributed by atoms with Gasteiger partial charge in [0, 0.05) is 0 Å². The Bertz CT molecular complexity index is 326. The average molecular weight is 249 g/mol. The Kier molecular flexibility index (Phi) is 6.55. The van der Waals surface area contributed by atoms with Crippen LogP contribution in [0.1, 0.15) is 63.5 Å². The number of nitrogens with zero attached hydrogens (tertiary/aromatic N) is 1. The fourth-order valence-electron chi connectivity index (χ4n) is 2.30. The van der Waals surface area contributed by atoms with Crippen LogP contribution in [0.2, 0.25) is 0 Å². The van der Waals surface area contributed by atoms with Gasteiger partial charge in [-0.15, -0.1) is 0 Å². The minimum atomic E-state index is 0.673. The molecule has 0 spiro atoms. The van der Waals surface area contributed by atoms with Crippen molar-refractivity contribution in [3.8, 4) is 0 Å². The molecular weight excluding hydrogens is 222 g/mol. The first-order chi connectivity index (χ1) is 8.70. The topological polar surface area (TPSA) is 64.9 Å². The Morgan fingerprint density at radius 1 is 0.889 bits per heavy atom. The van der Waals surface area contributed by atoms with E-state index in [1.54, 1.807) is 6.20 Å². The molecule has 0 saturated carbocycles. The van der Waals surface area contributed by atoms with Gasteiger partial charge in [-0.2, -0.15) is 0 Å². The summed E-state index contributed by atoms with van der Waals surface area (Å²) in [6.45, 7) is 4.43. The lowest BCUT2D eigenvalue weighted by Crippen LogP contribution is -2.07. The molecule has 0 saturated heterocycles. The number of pyridine rings is 1. The van der Waals surface area contributed by atoms with E-state index in [4.69, 9.17) is 11.5 Å². The number of anilines is 2. The third-order valence-electron chi connectivity index (χ3n) is 3.43. The summed E-state index contributed by atoms with van der Waals surface area (Å²) in [6, 6.07) is 0. The summed E-state index contributed by atoms with van der Waals surface area (Å²) in [6.07, 6.45) is 11.1. The second-order valence-electron chi connectivity index (χ2n) is 4.97. The first kappa shape index (κ1) is 14.8. The van der Waals surface area contributed by atoms with Crippen LogP contribution in [0.3, 0.4) is 0 Å². The zero-order chi connectivity index (χ0) is 13.4. The lowest BCUT2D eigenvalue weighted by atomic mass is 9.97. The van der Waals surface area contributed by atoms with Crippen LogP contribution >= 0.6 is 0 Å². The molecule has 0 radical (unpaired) electrons. The lowest BCUT2D eigenvalue weighted by molar-refractivity contribution is 0.694. The summed E-state index contributed by atoms with van der Waals surface area (Å²) < 4.78 is 0. The van der Waals surface area contributed by atoms with Crippen molar-refractivity contribution < 1.29 is 0 Å². The second-order valence-corrected chi connectivity index (χ2v) is 4.97. The minimum absolute atomic E-state index is 0.673. The molecule has 0 fully saturated rings.